The third kappa shape index (κ3) is 3.51. The van der Waals surface area contributed by atoms with E-state index >= 15 is 0 Å². The van der Waals surface area contributed by atoms with Gasteiger partial charge in [0.2, 0.25) is 5.91 Å². The van der Waals surface area contributed by atoms with E-state index in [1.807, 2.05) is 42.2 Å². The normalized spacial score (nSPS) is 15.4. The molecule has 1 saturated heterocycles. The highest BCUT2D eigenvalue weighted by Crippen LogP contribution is 2.29. The minimum atomic E-state index is -0.298. The number of amides is 1. The first kappa shape index (κ1) is 17.9. The van der Waals surface area contributed by atoms with Crippen molar-refractivity contribution >= 4 is 27.5 Å². The van der Waals surface area contributed by atoms with Crippen molar-refractivity contribution in [3.8, 4) is 10.6 Å². The van der Waals surface area contributed by atoms with E-state index in [2.05, 4.69) is 17.0 Å². The Morgan fingerprint density at radius 2 is 1.93 bits per heavy atom. The number of nitrogens with zero attached hydrogens (tertiary/aromatic N) is 4. The fourth-order valence-electron chi connectivity index (χ4n) is 3.40. The predicted molar refractivity (Wildman–Crippen MR) is 107 cm³/mol. The zero-order valence-electron chi connectivity index (χ0n) is 15.5. The number of thiazole rings is 1. The molecule has 0 radical (unpaired) electrons. The Balaban J connectivity index is 1.65. The van der Waals surface area contributed by atoms with Crippen LogP contribution < -0.4 is 5.56 Å². The molecule has 7 heteroatoms. The molecule has 1 aromatic carbocycles. The second kappa shape index (κ2) is 7.23. The van der Waals surface area contributed by atoms with E-state index in [9.17, 15) is 9.59 Å². The van der Waals surface area contributed by atoms with Gasteiger partial charge in [-0.3, -0.25) is 9.59 Å². The molecule has 1 amide bonds. The van der Waals surface area contributed by atoms with Crippen LogP contribution in [0.4, 0.5) is 0 Å². The summed E-state index contributed by atoms with van der Waals surface area (Å²) in [7, 11) is 0. The Bertz CT molecular complexity index is 1030. The minimum absolute atomic E-state index is 0.0256. The number of carbonyl (C=O) groups is 1. The van der Waals surface area contributed by atoms with Crippen molar-refractivity contribution in [2.45, 2.75) is 33.2 Å². The van der Waals surface area contributed by atoms with Gasteiger partial charge >= 0.3 is 0 Å². The second-order valence-corrected chi connectivity index (χ2v) is 8.17. The summed E-state index contributed by atoms with van der Waals surface area (Å²) >= 11 is 1.46. The van der Waals surface area contributed by atoms with E-state index in [-0.39, 0.29) is 18.0 Å². The summed E-state index contributed by atoms with van der Waals surface area (Å²) in [6, 6.07) is 9.79. The summed E-state index contributed by atoms with van der Waals surface area (Å²) < 4.78 is 2.06. The second-order valence-electron chi connectivity index (χ2n) is 7.17. The van der Waals surface area contributed by atoms with Crippen molar-refractivity contribution in [3.63, 3.8) is 0 Å². The first-order chi connectivity index (χ1) is 13.0. The van der Waals surface area contributed by atoms with Crippen LogP contribution in [0.2, 0.25) is 0 Å². The van der Waals surface area contributed by atoms with Crippen LogP contribution in [0.25, 0.3) is 20.8 Å². The van der Waals surface area contributed by atoms with Gasteiger partial charge in [-0.15, -0.1) is 11.3 Å². The van der Waals surface area contributed by atoms with Crippen molar-refractivity contribution in [2.75, 3.05) is 13.1 Å². The molecule has 3 heterocycles. The molecule has 3 aromatic rings. The summed E-state index contributed by atoms with van der Waals surface area (Å²) in [5, 5.41) is 5.18. The molecule has 2 aromatic heterocycles. The molecule has 4 rings (SSSR count). The lowest BCUT2D eigenvalue weighted by Crippen LogP contribution is -2.41. The lowest BCUT2D eigenvalue weighted by Gasteiger charge is -2.30. The molecule has 140 valence electrons. The number of aromatic nitrogens is 3. The smallest absolute Gasteiger partial charge is 0.294 e. The zero-order valence-corrected chi connectivity index (χ0v) is 16.3. The van der Waals surface area contributed by atoms with Gasteiger partial charge in [-0.2, -0.15) is 5.10 Å². The van der Waals surface area contributed by atoms with E-state index in [4.69, 9.17) is 0 Å². The van der Waals surface area contributed by atoms with Gasteiger partial charge in [-0.1, -0.05) is 37.3 Å². The highest BCUT2D eigenvalue weighted by Gasteiger charge is 2.22. The summed E-state index contributed by atoms with van der Waals surface area (Å²) in [6.07, 6.45) is 2.03. The highest BCUT2D eigenvalue weighted by atomic mass is 32.1. The quantitative estimate of drug-likeness (QED) is 0.698. The highest BCUT2D eigenvalue weighted by molar-refractivity contribution is 7.21. The zero-order chi connectivity index (χ0) is 19.0. The maximum Gasteiger partial charge on any atom is 0.294 e. The van der Waals surface area contributed by atoms with E-state index in [0.717, 1.165) is 46.9 Å². The third-order valence-corrected chi connectivity index (χ3v) is 6.32. The SMILES string of the molecule is Cc1nn(CC(=O)N2CCC(C)CC2)c(=O)c2nc(-c3ccccc3)sc12. The van der Waals surface area contributed by atoms with Gasteiger partial charge in [-0.25, -0.2) is 9.67 Å². The first-order valence-corrected chi connectivity index (χ1v) is 10.1. The molecule has 1 fully saturated rings. The summed E-state index contributed by atoms with van der Waals surface area (Å²) in [5.74, 6) is 0.605. The third-order valence-electron chi connectivity index (χ3n) is 5.11. The van der Waals surface area contributed by atoms with Crippen LogP contribution in [-0.4, -0.2) is 38.7 Å². The molecular weight excluding hydrogens is 360 g/mol. The van der Waals surface area contributed by atoms with Crippen LogP contribution in [0.15, 0.2) is 35.1 Å². The molecule has 0 bridgehead atoms. The number of hydrogen-bond acceptors (Lipinski definition) is 5. The van der Waals surface area contributed by atoms with Crippen molar-refractivity contribution in [1.29, 1.82) is 0 Å². The molecule has 27 heavy (non-hydrogen) atoms. The number of piperidine rings is 1. The Morgan fingerprint density at radius 1 is 1.22 bits per heavy atom. The van der Waals surface area contributed by atoms with Gasteiger partial charge in [0.1, 0.15) is 11.6 Å². The predicted octanol–water partition coefficient (Wildman–Crippen LogP) is 3.09. The van der Waals surface area contributed by atoms with Gasteiger partial charge in [0, 0.05) is 18.7 Å². The van der Waals surface area contributed by atoms with Gasteiger partial charge in [0.05, 0.1) is 10.4 Å². The number of rotatable bonds is 3. The number of likely N-dealkylation sites (tertiary alicyclic amines) is 1. The fraction of sp³-hybridized carbons (Fsp3) is 0.400. The van der Waals surface area contributed by atoms with Crippen LogP contribution >= 0.6 is 11.3 Å². The number of aryl methyl sites for hydroxylation is 1. The maximum atomic E-state index is 12.9. The largest absolute Gasteiger partial charge is 0.341 e. The number of fused-ring (bicyclic) bond motifs is 1. The van der Waals surface area contributed by atoms with Gasteiger partial charge < -0.3 is 4.90 Å². The van der Waals surface area contributed by atoms with Crippen LogP contribution in [0.3, 0.4) is 0 Å². The fourth-order valence-corrected chi connectivity index (χ4v) is 4.40. The molecular formula is C20H22N4O2S. The number of benzene rings is 1. The molecule has 1 aliphatic rings. The van der Waals surface area contributed by atoms with Gasteiger partial charge in [0.25, 0.3) is 5.56 Å². The van der Waals surface area contributed by atoms with E-state index in [1.54, 1.807) is 0 Å². The average Bonchev–Trinajstić information content (AvgIpc) is 3.13. The molecule has 1 aliphatic heterocycles. The first-order valence-electron chi connectivity index (χ1n) is 9.24. The van der Waals surface area contributed by atoms with Crippen molar-refractivity contribution < 1.29 is 4.79 Å². The van der Waals surface area contributed by atoms with E-state index < -0.39 is 0 Å². The van der Waals surface area contributed by atoms with E-state index in [0.29, 0.717) is 11.4 Å². The topological polar surface area (TPSA) is 68.1 Å². The van der Waals surface area contributed by atoms with Crippen LogP contribution in [0.1, 0.15) is 25.5 Å². The molecule has 0 aliphatic carbocycles. The number of carbonyl (C=O) groups excluding carboxylic acids is 1. The Kier molecular flexibility index (Phi) is 4.78. The Hall–Kier alpha value is -2.54. The lowest BCUT2D eigenvalue weighted by atomic mass is 9.99. The van der Waals surface area contributed by atoms with Gasteiger partial charge in [0.15, 0.2) is 5.52 Å². The molecule has 0 unspecified atom stereocenters. The maximum absolute atomic E-state index is 12.9. The van der Waals surface area contributed by atoms with Gasteiger partial charge in [-0.05, 0) is 25.7 Å². The average molecular weight is 382 g/mol. The number of hydrogen-bond donors (Lipinski definition) is 0. The summed E-state index contributed by atoms with van der Waals surface area (Å²) in [5.41, 5.74) is 1.80. The molecule has 0 atom stereocenters. The Morgan fingerprint density at radius 3 is 2.63 bits per heavy atom. The Labute approximate surface area is 161 Å². The minimum Gasteiger partial charge on any atom is -0.341 e. The van der Waals surface area contributed by atoms with Crippen molar-refractivity contribution in [2.24, 2.45) is 5.92 Å². The summed E-state index contributed by atoms with van der Waals surface area (Å²) in [4.78, 5) is 31.9. The van der Waals surface area contributed by atoms with Crippen LogP contribution in [-0.2, 0) is 11.3 Å². The standard InChI is InChI=1S/C20H22N4O2S/c1-13-8-10-23(11-9-13)16(25)12-24-20(26)17-18(14(2)22-24)27-19(21-17)15-6-4-3-5-7-15/h3-7,13H,8-12H2,1-2H3. The molecule has 0 N–H and O–H groups in total. The van der Waals surface area contributed by atoms with Crippen molar-refractivity contribution in [1.82, 2.24) is 19.7 Å². The van der Waals surface area contributed by atoms with Crippen molar-refractivity contribution in [3.05, 3.63) is 46.4 Å². The monoisotopic (exact) mass is 382 g/mol. The lowest BCUT2D eigenvalue weighted by molar-refractivity contribution is -0.133. The molecule has 6 nitrogen and oxygen atoms in total. The van der Waals surface area contributed by atoms with Crippen LogP contribution in [0, 0.1) is 12.8 Å². The summed E-state index contributed by atoms with van der Waals surface area (Å²) in [6.45, 7) is 5.55. The van der Waals surface area contributed by atoms with E-state index in [1.165, 1.54) is 16.0 Å². The molecule has 0 spiro atoms. The van der Waals surface area contributed by atoms with Crippen LogP contribution in [0.5, 0.6) is 0 Å². The molecule has 0 saturated carbocycles.